The third-order valence-corrected chi connectivity index (χ3v) is 5.45. The van der Waals surface area contributed by atoms with Crippen molar-refractivity contribution in [2.75, 3.05) is 20.2 Å². The number of sulfonamides is 1. The molecule has 26 heavy (non-hydrogen) atoms. The van der Waals surface area contributed by atoms with Gasteiger partial charge in [0.05, 0.1) is 12.0 Å². The largest absolute Gasteiger partial charge is 0.497 e. The van der Waals surface area contributed by atoms with Crippen LogP contribution in [0.4, 0.5) is 0 Å². The molecule has 0 aromatic heterocycles. The van der Waals surface area contributed by atoms with Gasteiger partial charge in [-0.05, 0) is 35.9 Å². The molecule has 0 bridgehead atoms. The second kappa shape index (κ2) is 9.02. The van der Waals surface area contributed by atoms with Gasteiger partial charge in [-0.1, -0.05) is 29.8 Å². The van der Waals surface area contributed by atoms with Gasteiger partial charge in [0.2, 0.25) is 15.9 Å². The van der Waals surface area contributed by atoms with Crippen LogP contribution in [0.5, 0.6) is 5.75 Å². The number of hydrogen-bond donors (Lipinski definition) is 1. The number of ether oxygens (including phenoxy) is 1. The molecule has 6 nitrogen and oxygen atoms in total. The van der Waals surface area contributed by atoms with E-state index in [9.17, 15) is 13.2 Å². The van der Waals surface area contributed by atoms with Crippen LogP contribution in [0, 0.1) is 0 Å². The van der Waals surface area contributed by atoms with Gasteiger partial charge < -0.3 is 9.64 Å². The van der Waals surface area contributed by atoms with E-state index in [-0.39, 0.29) is 23.9 Å². The lowest BCUT2D eigenvalue weighted by atomic mass is 10.2. The number of benzene rings is 2. The van der Waals surface area contributed by atoms with Crippen molar-refractivity contribution in [3.63, 3.8) is 0 Å². The molecular formula is C18H21ClN2O4S. The van der Waals surface area contributed by atoms with Crippen molar-refractivity contribution >= 4 is 27.5 Å². The third kappa shape index (κ3) is 5.72. The molecule has 8 heteroatoms. The lowest BCUT2D eigenvalue weighted by Crippen LogP contribution is -2.37. The first-order valence-electron chi connectivity index (χ1n) is 7.95. The van der Waals surface area contributed by atoms with Crippen LogP contribution in [-0.2, 0) is 21.4 Å². The number of carbonyl (C=O) groups is 1. The normalized spacial score (nSPS) is 11.2. The minimum atomic E-state index is -3.67. The predicted octanol–water partition coefficient (Wildman–Crippen LogP) is 2.68. The topological polar surface area (TPSA) is 75.7 Å². The maximum absolute atomic E-state index is 12.3. The highest BCUT2D eigenvalue weighted by molar-refractivity contribution is 7.89. The Bertz CT molecular complexity index is 854. The number of rotatable bonds is 8. The van der Waals surface area contributed by atoms with Crippen LogP contribution in [0.25, 0.3) is 0 Å². The average molecular weight is 397 g/mol. The first-order chi connectivity index (χ1) is 12.3. The molecule has 0 fully saturated rings. The molecule has 1 amide bonds. The summed E-state index contributed by atoms with van der Waals surface area (Å²) in [6, 6.07) is 13.4. The highest BCUT2D eigenvalue weighted by Gasteiger charge is 2.15. The van der Waals surface area contributed by atoms with Crippen molar-refractivity contribution < 1.29 is 17.9 Å². The molecule has 2 rings (SSSR count). The quantitative estimate of drug-likeness (QED) is 0.744. The molecule has 0 spiro atoms. The third-order valence-electron chi connectivity index (χ3n) is 3.76. The van der Waals surface area contributed by atoms with E-state index in [1.165, 1.54) is 19.1 Å². The Balaban J connectivity index is 1.96. The summed E-state index contributed by atoms with van der Waals surface area (Å²) in [6.45, 7) is 2.19. The van der Waals surface area contributed by atoms with Crippen LogP contribution in [-0.4, -0.2) is 39.4 Å². The molecule has 0 aliphatic heterocycles. The molecule has 0 radical (unpaired) electrons. The Morgan fingerprint density at radius 2 is 1.88 bits per heavy atom. The van der Waals surface area contributed by atoms with E-state index in [0.717, 1.165) is 11.3 Å². The predicted molar refractivity (Wildman–Crippen MR) is 101 cm³/mol. The zero-order chi connectivity index (χ0) is 19.2. The molecule has 0 aliphatic rings. The van der Waals surface area contributed by atoms with Crippen LogP contribution in [0.3, 0.4) is 0 Å². The summed E-state index contributed by atoms with van der Waals surface area (Å²) < 4.78 is 32.2. The van der Waals surface area contributed by atoms with E-state index in [0.29, 0.717) is 11.6 Å². The van der Waals surface area contributed by atoms with Crippen molar-refractivity contribution in [3.8, 4) is 5.75 Å². The molecule has 1 N–H and O–H groups in total. The molecule has 140 valence electrons. The number of nitrogens with zero attached hydrogens (tertiary/aromatic N) is 1. The number of amides is 1. The number of halogens is 1. The Hall–Kier alpha value is -2.09. The second-order valence-electron chi connectivity index (χ2n) is 5.64. The number of nitrogens with one attached hydrogen (secondary N) is 1. The van der Waals surface area contributed by atoms with E-state index in [1.54, 1.807) is 24.1 Å². The SMILES string of the molecule is COc1ccc(CN(CCNS(=O)(=O)c2cccc(Cl)c2)C(C)=O)cc1. The van der Waals surface area contributed by atoms with Gasteiger partial charge in [-0.2, -0.15) is 0 Å². The van der Waals surface area contributed by atoms with Crippen LogP contribution >= 0.6 is 11.6 Å². The molecule has 0 aliphatic carbocycles. The highest BCUT2D eigenvalue weighted by atomic mass is 35.5. The summed E-state index contributed by atoms with van der Waals surface area (Å²) in [4.78, 5) is 13.5. The van der Waals surface area contributed by atoms with Crippen LogP contribution < -0.4 is 9.46 Å². The molecule has 0 unspecified atom stereocenters. The summed E-state index contributed by atoms with van der Waals surface area (Å²) in [7, 11) is -2.09. The Morgan fingerprint density at radius 1 is 1.19 bits per heavy atom. The number of methoxy groups -OCH3 is 1. The van der Waals surface area contributed by atoms with Crippen LogP contribution in [0.1, 0.15) is 12.5 Å². The molecule has 0 saturated heterocycles. The lowest BCUT2D eigenvalue weighted by molar-refractivity contribution is -0.129. The van der Waals surface area contributed by atoms with E-state index in [1.807, 2.05) is 24.3 Å². The fourth-order valence-electron chi connectivity index (χ4n) is 2.33. The van der Waals surface area contributed by atoms with Crippen molar-refractivity contribution in [1.29, 1.82) is 0 Å². The van der Waals surface area contributed by atoms with Gasteiger partial charge in [0.25, 0.3) is 0 Å². The smallest absolute Gasteiger partial charge is 0.240 e. The molecule has 0 atom stereocenters. The summed E-state index contributed by atoms with van der Waals surface area (Å²) >= 11 is 5.83. The zero-order valence-corrected chi connectivity index (χ0v) is 16.2. The fraction of sp³-hybridized carbons (Fsp3) is 0.278. The van der Waals surface area contributed by atoms with Crippen molar-refractivity contribution in [3.05, 3.63) is 59.1 Å². The van der Waals surface area contributed by atoms with Crippen molar-refractivity contribution in [2.45, 2.75) is 18.4 Å². The minimum absolute atomic E-state index is 0.0922. The molecule has 0 heterocycles. The first-order valence-corrected chi connectivity index (χ1v) is 9.81. The first kappa shape index (κ1) is 20.2. The lowest BCUT2D eigenvalue weighted by Gasteiger charge is -2.21. The minimum Gasteiger partial charge on any atom is -0.497 e. The summed E-state index contributed by atoms with van der Waals surface area (Å²) in [5.74, 6) is 0.597. The van der Waals surface area contributed by atoms with Gasteiger partial charge in [0.1, 0.15) is 5.75 Å². The molecule has 0 saturated carbocycles. The van der Waals surface area contributed by atoms with Crippen LogP contribution in [0.15, 0.2) is 53.4 Å². The van der Waals surface area contributed by atoms with Gasteiger partial charge in [0, 0.05) is 31.6 Å². The Labute approximate surface area is 158 Å². The van der Waals surface area contributed by atoms with Crippen molar-refractivity contribution in [1.82, 2.24) is 9.62 Å². The Morgan fingerprint density at radius 3 is 2.46 bits per heavy atom. The standard InChI is InChI=1S/C18H21ClN2O4S/c1-14(22)21(13-15-6-8-17(25-2)9-7-15)11-10-20-26(23,24)18-5-3-4-16(19)12-18/h3-9,12,20H,10-11,13H2,1-2H3. The summed E-state index contributed by atoms with van der Waals surface area (Å²) in [5.41, 5.74) is 0.929. The highest BCUT2D eigenvalue weighted by Crippen LogP contribution is 2.15. The fourth-order valence-corrected chi connectivity index (χ4v) is 3.65. The van der Waals surface area contributed by atoms with Crippen LogP contribution in [0.2, 0.25) is 5.02 Å². The molecule has 2 aromatic rings. The van der Waals surface area contributed by atoms with E-state index in [2.05, 4.69) is 4.72 Å². The summed E-state index contributed by atoms with van der Waals surface area (Å²) in [6.07, 6.45) is 0. The number of hydrogen-bond acceptors (Lipinski definition) is 4. The molecular weight excluding hydrogens is 376 g/mol. The summed E-state index contributed by atoms with van der Waals surface area (Å²) in [5, 5.41) is 0.345. The van der Waals surface area contributed by atoms with E-state index < -0.39 is 10.0 Å². The van der Waals surface area contributed by atoms with Crippen molar-refractivity contribution in [2.24, 2.45) is 0 Å². The van der Waals surface area contributed by atoms with Gasteiger partial charge in [-0.25, -0.2) is 13.1 Å². The maximum Gasteiger partial charge on any atom is 0.240 e. The van der Waals surface area contributed by atoms with Gasteiger partial charge in [-0.3, -0.25) is 4.79 Å². The second-order valence-corrected chi connectivity index (χ2v) is 7.85. The number of carbonyl (C=O) groups excluding carboxylic acids is 1. The maximum atomic E-state index is 12.3. The average Bonchev–Trinajstić information content (AvgIpc) is 2.61. The van der Waals surface area contributed by atoms with E-state index in [4.69, 9.17) is 16.3 Å². The monoisotopic (exact) mass is 396 g/mol. The van der Waals surface area contributed by atoms with Gasteiger partial charge in [-0.15, -0.1) is 0 Å². The Kier molecular flexibility index (Phi) is 7.02. The van der Waals surface area contributed by atoms with Gasteiger partial charge in [0.15, 0.2) is 0 Å². The molecule has 2 aromatic carbocycles. The van der Waals surface area contributed by atoms with E-state index >= 15 is 0 Å². The van der Waals surface area contributed by atoms with Gasteiger partial charge >= 0.3 is 0 Å². The zero-order valence-electron chi connectivity index (χ0n) is 14.6.